The van der Waals surface area contributed by atoms with Crippen LogP contribution >= 0.6 is 33.9 Å². The summed E-state index contributed by atoms with van der Waals surface area (Å²) in [5, 5.41) is 3.24. The van der Waals surface area contributed by atoms with Gasteiger partial charge in [-0.3, -0.25) is 4.79 Å². The maximum Gasteiger partial charge on any atom is 0.151 e. The molecule has 2 aromatic rings. The van der Waals surface area contributed by atoms with E-state index >= 15 is 0 Å². The second kappa shape index (κ2) is 3.38. The molecule has 0 aliphatic rings. The Morgan fingerprint density at radius 1 is 1.54 bits per heavy atom. The van der Waals surface area contributed by atoms with Crippen molar-refractivity contribution in [3.05, 3.63) is 32.2 Å². The number of fused-ring (bicyclic) bond motifs is 1. The summed E-state index contributed by atoms with van der Waals surface area (Å²) in [5.74, 6) is 0. The Bertz CT molecular complexity index is 473. The number of rotatable bonds is 1. The van der Waals surface area contributed by atoms with E-state index in [9.17, 15) is 4.79 Å². The predicted molar refractivity (Wildman–Crippen MR) is 64.7 cm³/mol. The van der Waals surface area contributed by atoms with Gasteiger partial charge in [-0.1, -0.05) is 0 Å². The van der Waals surface area contributed by atoms with Crippen LogP contribution in [0.2, 0.25) is 0 Å². The zero-order chi connectivity index (χ0) is 9.42. The first-order valence-corrected chi connectivity index (χ1v) is 5.81. The van der Waals surface area contributed by atoms with Gasteiger partial charge >= 0.3 is 0 Å². The molecule has 0 saturated carbocycles. The maximum absolute atomic E-state index is 10.8. The van der Waals surface area contributed by atoms with Gasteiger partial charge in [0.05, 0.1) is 0 Å². The van der Waals surface area contributed by atoms with Crippen molar-refractivity contribution >= 4 is 50.3 Å². The zero-order valence-electron chi connectivity index (χ0n) is 7.00. The Balaban J connectivity index is 2.95. The minimum atomic E-state index is 0.806. The van der Waals surface area contributed by atoms with Gasteiger partial charge in [0.15, 0.2) is 6.29 Å². The summed E-state index contributed by atoms with van der Waals surface area (Å²) in [6.07, 6.45) is 0.931. The fourth-order valence-electron chi connectivity index (χ4n) is 1.35. The van der Waals surface area contributed by atoms with Crippen LogP contribution in [0.15, 0.2) is 17.5 Å². The molecule has 2 rings (SSSR count). The molecular weight excluding hydrogens is 295 g/mol. The molecule has 0 atom stereocenters. The molecule has 0 fully saturated rings. The lowest BCUT2D eigenvalue weighted by molar-refractivity contribution is 0.112. The van der Waals surface area contributed by atoms with E-state index in [0.717, 1.165) is 20.1 Å². The minimum absolute atomic E-state index is 0.806. The van der Waals surface area contributed by atoms with Gasteiger partial charge in [-0.05, 0) is 58.0 Å². The quantitative estimate of drug-likeness (QED) is 0.581. The van der Waals surface area contributed by atoms with E-state index in [-0.39, 0.29) is 0 Å². The van der Waals surface area contributed by atoms with Gasteiger partial charge < -0.3 is 0 Å². The molecule has 0 N–H and O–H groups in total. The van der Waals surface area contributed by atoms with Gasteiger partial charge in [0.25, 0.3) is 0 Å². The number of carbonyl (C=O) groups is 1. The van der Waals surface area contributed by atoms with E-state index < -0.39 is 0 Å². The van der Waals surface area contributed by atoms with E-state index in [0.29, 0.717) is 0 Å². The van der Waals surface area contributed by atoms with Crippen LogP contribution in [0.5, 0.6) is 0 Å². The third kappa shape index (κ3) is 1.40. The van der Waals surface area contributed by atoms with E-state index in [1.807, 2.05) is 11.4 Å². The van der Waals surface area contributed by atoms with Crippen LogP contribution in [0.3, 0.4) is 0 Å². The third-order valence-electron chi connectivity index (χ3n) is 2.10. The lowest BCUT2D eigenvalue weighted by Crippen LogP contribution is -1.86. The molecule has 0 unspecified atom stereocenters. The second-order valence-electron chi connectivity index (χ2n) is 2.85. The van der Waals surface area contributed by atoms with Gasteiger partial charge in [-0.2, -0.15) is 0 Å². The Kier molecular flexibility index (Phi) is 2.38. The van der Waals surface area contributed by atoms with Crippen molar-refractivity contribution in [1.29, 1.82) is 0 Å². The summed E-state index contributed by atoms with van der Waals surface area (Å²) in [4.78, 5) is 10.8. The first-order chi connectivity index (χ1) is 6.24. The van der Waals surface area contributed by atoms with Crippen LogP contribution in [0.25, 0.3) is 10.1 Å². The highest BCUT2D eigenvalue weighted by atomic mass is 127. The largest absolute Gasteiger partial charge is 0.298 e. The van der Waals surface area contributed by atoms with Crippen molar-refractivity contribution in [3.63, 3.8) is 0 Å². The van der Waals surface area contributed by atoms with Crippen LogP contribution in [-0.2, 0) is 0 Å². The Labute approximate surface area is 93.9 Å². The topological polar surface area (TPSA) is 17.1 Å². The summed E-state index contributed by atoms with van der Waals surface area (Å²) in [7, 11) is 0. The first kappa shape index (κ1) is 9.15. The molecule has 13 heavy (non-hydrogen) atoms. The van der Waals surface area contributed by atoms with Gasteiger partial charge in [0, 0.05) is 13.8 Å². The predicted octanol–water partition coefficient (Wildman–Crippen LogP) is 3.63. The van der Waals surface area contributed by atoms with Crippen molar-refractivity contribution in [2.45, 2.75) is 6.92 Å². The fraction of sp³-hybridized carbons (Fsp3) is 0.100. The molecule has 1 nitrogen and oxygen atoms in total. The van der Waals surface area contributed by atoms with E-state index in [1.54, 1.807) is 11.3 Å². The van der Waals surface area contributed by atoms with Gasteiger partial charge in [0.1, 0.15) is 0 Å². The number of carbonyl (C=O) groups excluding carboxylic acids is 1. The second-order valence-corrected chi connectivity index (χ2v) is 4.93. The molecule has 0 amide bonds. The van der Waals surface area contributed by atoms with Crippen molar-refractivity contribution in [2.75, 3.05) is 0 Å². The molecule has 0 spiro atoms. The van der Waals surface area contributed by atoms with Crippen molar-refractivity contribution in [1.82, 2.24) is 0 Å². The van der Waals surface area contributed by atoms with Gasteiger partial charge in [-0.25, -0.2) is 0 Å². The smallest absolute Gasteiger partial charge is 0.151 e. The number of aryl methyl sites for hydroxylation is 1. The SMILES string of the molecule is Cc1c(I)cc(C=O)c2sccc12. The fourth-order valence-corrected chi connectivity index (χ4v) is 2.91. The highest BCUT2D eigenvalue weighted by molar-refractivity contribution is 14.1. The molecule has 0 aliphatic carbocycles. The number of thiophene rings is 1. The lowest BCUT2D eigenvalue weighted by atomic mass is 10.1. The average Bonchev–Trinajstić information content (AvgIpc) is 2.60. The maximum atomic E-state index is 10.8. The van der Waals surface area contributed by atoms with E-state index in [2.05, 4.69) is 35.6 Å². The summed E-state index contributed by atoms with van der Waals surface area (Å²) in [5.41, 5.74) is 2.07. The van der Waals surface area contributed by atoms with E-state index in [4.69, 9.17) is 0 Å². The number of benzene rings is 1. The normalized spacial score (nSPS) is 10.6. The highest BCUT2D eigenvalue weighted by Crippen LogP contribution is 2.30. The minimum Gasteiger partial charge on any atom is -0.298 e. The standard InChI is InChI=1S/C10H7IOS/c1-6-8-2-3-13-10(8)7(5-12)4-9(6)11/h2-5H,1H3. The lowest BCUT2D eigenvalue weighted by Gasteiger charge is -2.01. The molecule has 0 radical (unpaired) electrons. The molecule has 66 valence electrons. The van der Waals surface area contributed by atoms with Crippen LogP contribution < -0.4 is 0 Å². The Morgan fingerprint density at radius 2 is 2.31 bits per heavy atom. The molecular formula is C10H7IOS. The van der Waals surface area contributed by atoms with Crippen molar-refractivity contribution in [3.8, 4) is 0 Å². The van der Waals surface area contributed by atoms with Crippen LogP contribution in [-0.4, -0.2) is 6.29 Å². The Morgan fingerprint density at radius 3 is 3.00 bits per heavy atom. The Hall–Kier alpha value is -0.420. The molecule has 1 aromatic heterocycles. The third-order valence-corrected chi connectivity index (χ3v) is 4.18. The summed E-state index contributed by atoms with van der Waals surface area (Å²) in [6, 6.07) is 4.02. The monoisotopic (exact) mass is 302 g/mol. The van der Waals surface area contributed by atoms with Gasteiger partial charge in [-0.15, -0.1) is 11.3 Å². The molecule has 0 aliphatic heterocycles. The van der Waals surface area contributed by atoms with Crippen LogP contribution in [0.1, 0.15) is 15.9 Å². The van der Waals surface area contributed by atoms with Crippen LogP contribution in [0, 0.1) is 10.5 Å². The average molecular weight is 302 g/mol. The summed E-state index contributed by atoms with van der Waals surface area (Å²) < 4.78 is 2.26. The summed E-state index contributed by atoms with van der Waals surface area (Å²) in [6.45, 7) is 2.09. The number of hydrogen-bond donors (Lipinski definition) is 0. The number of aldehydes is 1. The zero-order valence-corrected chi connectivity index (χ0v) is 9.98. The van der Waals surface area contributed by atoms with Gasteiger partial charge in [0.2, 0.25) is 0 Å². The molecule has 1 aromatic carbocycles. The van der Waals surface area contributed by atoms with Crippen molar-refractivity contribution < 1.29 is 4.79 Å². The molecule has 0 bridgehead atoms. The number of hydrogen-bond acceptors (Lipinski definition) is 2. The summed E-state index contributed by atoms with van der Waals surface area (Å²) >= 11 is 3.89. The molecule has 0 saturated heterocycles. The van der Waals surface area contributed by atoms with Crippen LogP contribution in [0.4, 0.5) is 0 Å². The molecule has 3 heteroatoms. The first-order valence-electron chi connectivity index (χ1n) is 3.85. The van der Waals surface area contributed by atoms with E-state index in [1.165, 1.54) is 10.9 Å². The molecule has 1 heterocycles. The number of halogens is 1. The highest BCUT2D eigenvalue weighted by Gasteiger charge is 2.07. The van der Waals surface area contributed by atoms with Crippen molar-refractivity contribution in [2.24, 2.45) is 0 Å².